The van der Waals surface area contributed by atoms with Gasteiger partial charge in [0.1, 0.15) is 5.75 Å². The largest absolute Gasteiger partial charge is 0.497 e. The molecule has 0 heterocycles. The normalized spacial score (nSPS) is 13.4. The van der Waals surface area contributed by atoms with Gasteiger partial charge in [-0.15, -0.1) is 0 Å². The van der Waals surface area contributed by atoms with E-state index in [0.717, 1.165) is 16.9 Å². The van der Waals surface area contributed by atoms with Gasteiger partial charge in [0.15, 0.2) is 0 Å². The van der Waals surface area contributed by atoms with Gasteiger partial charge >= 0.3 is 0 Å². The van der Waals surface area contributed by atoms with Crippen LogP contribution in [0.3, 0.4) is 0 Å². The lowest BCUT2D eigenvalue weighted by molar-refractivity contribution is -0.0643. The number of hydrogen-bond donors (Lipinski definition) is 1. The first-order chi connectivity index (χ1) is 12.6. The van der Waals surface area contributed by atoms with Crippen molar-refractivity contribution >= 4 is 10.0 Å². The minimum Gasteiger partial charge on any atom is -0.497 e. The highest BCUT2D eigenvalue weighted by Crippen LogP contribution is 2.28. The molecule has 0 aliphatic rings. The van der Waals surface area contributed by atoms with Crippen molar-refractivity contribution in [3.63, 3.8) is 0 Å². The number of ether oxygens (including phenoxy) is 2. The topological polar surface area (TPSA) is 64.6 Å². The maximum Gasteiger partial charge on any atom is 0.240 e. The Labute approximate surface area is 162 Å². The van der Waals surface area contributed by atoms with Gasteiger partial charge in [0, 0.05) is 6.54 Å². The zero-order valence-electron chi connectivity index (χ0n) is 16.7. The lowest BCUT2D eigenvalue weighted by Crippen LogP contribution is -2.29. The molecule has 27 heavy (non-hydrogen) atoms. The molecule has 1 N–H and O–H groups in total. The van der Waals surface area contributed by atoms with Gasteiger partial charge in [-0.1, -0.05) is 29.8 Å². The van der Waals surface area contributed by atoms with Crippen LogP contribution in [0.1, 0.15) is 44.4 Å². The van der Waals surface area contributed by atoms with Gasteiger partial charge in [-0.2, -0.15) is 0 Å². The zero-order valence-corrected chi connectivity index (χ0v) is 17.5. The van der Waals surface area contributed by atoms with Gasteiger partial charge in [0.25, 0.3) is 0 Å². The predicted molar refractivity (Wildman–Crippen MR) is 108 cm³/mol. The first-order valence-electron chi connectivity index (χ1n) is 8.99. The maximum atomic E-state index is 12.5. The number of sulfonamides is 1. The van der Waals surface area contributed by atoms with E-state index >= 15 is 0 Å². The highest BCUT2D eigenvalue weighted by molar-refractivity contribution is 7.89. The van der Waals surface area contributed by atoms with Crippen molar-refractivity contribution < 1.29 is 17.9 Å². The van der Waals surface area contributed by atoms with Crippen molar-refractivity contribution in [2.45, 2.75) is 50.7 Å². The summed E-state index contributed by atoms with van der Waals surface area (Å²) in [7, 11) is -1.91. The Balaban J connectivity index is 2.07. The van der Waals surface area contributed by atoms with Crippen LogP contribution < -0.4 is 9.46 Å². The Morgan fingerprint density at radius 3 is 2.11 bits per heavy atom. The summed E-state index contributed by atoms with van der Waals surface area (Å²) < 4.78 is 39.0. The van der Waals surface area contributed by atoms with Crippen molar-refractivity contribution in [3.05, 3.63) is 59.7 Å². The van der Waals surface area contributed by atoms with E-state index in [1.54, 1.807) is 31.4 Å². The smallest absolute Gasteiger partial charge is 0.240 e. The molecule has 2 aromatic rings. The maximum absolute atomic E-state index is 12.5. The number of rotatable bonds is 8. The molecular formula is C21H29NO4S. The highest BCUT2D eigenvalue weighted by atomic mass is 32.2. The van der Waals surface area contributed by atoms with Crippen LogP contribution in [0.2, 0.25) is 0 Å². The van der Waals surface area contributed by atoms with E-state index in [2.05, 4.69) is 4.72 Å². The molecule has 0 saturated carbocycles. The van der Waals surface area contributed by atoms with Crippen molar-refractivity contribution in [3.8, 4) is 5.75 Å². The van der Waals surface area contributed by atoms with Gasteiger partial charge < -0.3 is 9.47 Å². The summed E-state index contributed by atoms with van der Waals surface area (Å²) in [5.41, 5.74) is 1.66. The highest BCUT2D eigenvalue weighted by Gasteiger charge is 2.22. The summed E-state index contributed by atoms with van der Waals surface area (Å²) >= 11 is 0. The lowest BCUT2D eigenvalue weighted by Gasteiger charge is -2.28. The summed E-state index contributed by atoms with van der Waals surface area (Å²) in [5.74, 6) is 0.772. The molecule has 0 spiro atoms. The number of methoxy groups -OCH3 is 1. The number of hydrogen-bond acceptors (Lipinski definition) is 4. The molecule has 0 amide bonds. The first kappa shape index (κ1) is 21.4. The van der Waals surface area contributed by atoms with Gasteiger partial charge in [0.2, 0.25) is 10.0 Å². The monoisotopic (exact) mass is 391 g/mol. The summed E-state index contributed by atoms with van der Waals surface area (Å²) in [6.45, 7) is 8.16. The Bertz CT molecular complexity index is 822. The molecular weight excluding hydrogens is 362 g/mol. The molecule has 0 bridgehead atoms. The second kappa shape index (κ2) is 8.87. The number of aryl methyl sites for hydroxylation is 1. The van der Waals surface area contributed by atoms with E-state index in [0.29, 0.717) is 6.42 Å². The van der Waals surface area contributed by atoms with Gasteiger partial charge in [0.05, 0.1) is 23.7 Å². The summed E-state index contributed by atoms with van der Waals surface area (Å²) in [5, 5.41) is 0. The molecule has 0 radical (unpaired) electrons. The fourth-order valence-electron chi connectivity index (χ4n) is 2.66. The molecule has 1 atom stereocenters. The predicted octanol–water partition coefficient (Wildman–Crippen LogP) is 4.23. The minimum absolute atomic E-state index is 0.225. The van der Waals surface area contributed by atoms with Crippen LogP contribution >= 0.6 is 0 Å². The SMILES string of the molecule is COc1ccc(C(CCNS(=O)(=O)c2ccc(C)cc2)OC(C)(C)C)cc1. The fraction of sp³-hybridized carbons (Fsp3) is 0.429. The van der Waals surface area contributed by atoms with E-state index < -0.39 is 10.0 Å². The van der Waals surface area contributed by atoms with Crippen molar-refractivity contribution in [1.29, 1.82) is 0 Å². The molecule has 2 aromatic carbocycles. The van der Waals surface area contributed by atoms with Crippen LogP contribution in [-0.2, 0) is 14.8 Å². The number of benzene rings is 2. The van der Waals surface area contributed by atoms with Crippen molar-refractivity contribution in [2.75, 3.05) is 13.7 Å². The molecule has 5 nitrogen and oxygen atoms in total. The van der Waals surface area contributed by atoms with Crippen LogP contribution in [0.25, 0.3) is 0 Å². The van der Waals surface area contributed by atoms with Crippen LogP contribution in [-0.4, -0.2) is 27.7 Å². The van der Waals surface area contributed by atoms with Crippen molar-refractivity contribution in [1.82, 2.24) is 4.72 Å². The molecule has 0 aliphatic carbocycles. The van der Waals surface area contributed by atoms with E-state index in [-0.39, 0.29) is 23.1 Å². The Hall–Kier alpha value is -1.89. The Kier molecular flexibility index (Phi) is 7.03. The number of nitrogens with one attached hydrogen (secondary N) is 1. The van der Waals surface area contributed by atoms with Crippen LogP contribution in [0.15, 0.2) is 53.4 Å². The standard InChI is InChI=1S/C21H29NO4S/c1-16-6-12-19(13-7-16)27(23,24)22-15-14-20(26-21(2,3)4)17-8-10-18(25-5)11-9-17/h6-13,20,22H,14-15H2,1-5H3. The lowest BCUT2D eigenvalue weighted by atomic mass is 10.0. The molecule has 148 valence electrons. The molecule has 0 saturated heterocycles. The van der Waals surface area contributed by atoms with E-state index in [1.807, 2.05) is 52.0 Å². The van der Waals surface area contributed by atoms with E-state index in [9.17, 15) is 8.42 Å². The summed E-state index contributed by atoms with van der Waals surface area (Å²) in [4.78, 5) is 0.269. The molecule has 6 heteroatoms. The molecule has 2 rings (SSSR count). The zero-order chi connectivity index (χ0) is 20.1. The van der Waals surface area contributed by atoms with Crippen LogP contribution in [0, 0.1) is 6.92 Å². The Morgan fingerprint density at radius 2 is 1.59 bits per heavy atom. The summed E-state index contributed by atoms with van der Waals surface area (Å²) in [6.07, 6.45) is 0.297. The minimum atomic E-state index is -3.53. The average Bonchev–Trinajstić information content (AvgIpc) is 2.60. The third kappa shape index (κ3) is 6.65. The first-order valence-corrected chi connectivity index (χ1v) is 10.5. The van der Waals surface area contributed by atoms with E-state index in [4.69, 9.17) is 9.47 Å². The quantitative estimate of drug-likeness (QED) is 0.731. The third-order valence-electron chi connectivity index (χ3n) is 4.01. The molecule has 0 fully saturated rings. The fourth-order valence-corrected chi connectivity index (χ4v) is 3.71. The van der Waals surface area contributed by atoms with Crippen LogP contribution in [0.5, 0.6) is 5.75 Å². The summed E-state index contributed by atoms with van der Waals surface area (Å²) in [6, 6.07) is 14.5. The van der Waals surface area contributed by atoms with Gasteiger partial charge in [-0.3, -0.25) is 0 Å². The molecule has 1 unspecified atom stereocenters. The third-order valence-corrected chi connectivity index (χ3v) is 5.49. The Morgan fingerprint density at radius 1 is 1.00 bits per heavy atom. The van der Waals surface area contributed by atoms with E-state index in [1.165, 1.54) is 0 Å². The van der Waals surface area contributed by atoms with Gasteiger partial charge in [-0.25, -0.2) is 13.1 Å². The molecule has 0 aromatic heterocycles. The van der Waals surface area contributed by atoms with Gasteiger partial charge in [-0.05, 0) is 63.9 Å². The van der Waals surface area contributed by atoms with Crippen molar-refractivity contribution in [2.24, 2.45) is 0 Å². The second-order valence-electron chi connectivity index (χ2n) is 7.49. The average molecular weight is 392 g/mol. The second-order valence-corrected chi connectivity index (χ2v) is 9.26. The van der Waals surface area contributed by atoms with Crippen LogP contribution in [0.4, 0.5) is 0 Å². The molecule has 0 aliphatic heterocycles.